The van der Waals surface area contributed by atoms with Gasteiger partial charge in [0, 0.05) is 28.7 Å². The summed E-state index contributed by atoms with van der Waals surface area (Å²) in [6.07, 6.45) is 10.9. The van der Waals surface area contributed by atoms with Crippen molar-refractivity contribution < 1.29 is 9.26 Å². The van der Waals surface area contributed by atoms with Crippen LogP contribution in [-0.2, 0) is 18.3 Å². The van der Waals surface area contributed by atoms with Crippen LogP contribution in [0.4, 0.5) is 5.00 Å². The molecule has 0 bridgehead atoms. The average molecular weight is 505 g/mol. The Hall–Kier alpha value is -2.96. The fraction of sp³-hybridized carbons (Fsp3) is 0.556. The van der Waals surface area contributed by atoms with Crippen molar-refractivity contribution in [3.63, 3.8) is 0 Å². The maximum Gasteiger partial charge on any atom is 0.217 e. The molecule has 0 amide bonds. The number of likely N-dealkylation sites (N-methyl/N-ethyl adjacent to an activating group) is 1. The zero-order valence-corrected chi connectivity index (χ0v) is 21.7. The SMILES string of the molecule is C[C@H](Oc1ccnc(-c2noc3c2CCCC[C@]32CCCc3sc(N)c(C#N)c32)n1)[C@@H]1CCCN1C. The van der Waals surface area contributed by atoms with Crippen molar-refractivity contribution in [1.82, 2.24) is 20.0 Å². The Balaban J connectivity index is 1.38. The molecule has 0 radical (unpaired) electrons. The van der Waals surface area contributed by atoms with Gasteiger partial charge in [-0.15, -0.1) is 11.3 Å². The summed E-state index contributed by atoms with van der Waals surface area (Å²) in [6.45, 7) is 3.21. The van der Waals surface area contributed by atoms with E-state index in [0.717, 1.165) is 74.8 Å². The van der Waals surface area contributed by atoms with E-state index in [0.29, 0.717) is 34.0 Å². The fourth-order valence-corrected chi connectivity index (χ4v) is 7.86. The van der Waals surface area contributed by atoms with Crippen LogP contribution in [0.25, 0.3) is 11.5 Å². The minimum absolute atomic E-state index is 0.0343. The Morgan fingerprint density at radius 1 is 1.28 bits per heavy atom. The Bertz CT molecular complexity index is 1330. The second-order valence-electron chi connectivity index (χ2n) is 10.5. The molecular formula is C27H32N6O2S. The number of anilines is 1. The summed E-state index contributed by atoms with van der Waals surface area (Å²) < 4.78 is 12.4. The highest BCUT2D eigenvalue weighted by molar-refractivity contribution is 7.16. The van der Waals surface area contributed by atoms with Crippen LogP contribution in [0.3, 0.4) is 0 Å². The fourth-order valence-electron chi connectivity index (χ4n) is 6.70. The van der Waals surface area contributed by atoms with Crippen LogP contribution in [0.15, 0.2) is 16.8 Å². The monoisotopic (exact) mass is 504 g/mol. The van der Waals surface area contributed by atoms with Gasteiger partial charge in [0.05, 0.1) is 11.0 Å². The number of thiophene rings is 1. The molecule has 1 spiro atoms. The van der Waals surface area contributed by atoms with Gasteiger partial charge in [0.25, 0.3) is 0 Å². The van der Waals surface area contributed by atoms with Gasteiger partial charge in [0.15, 0.2) is 17.3 Å². The Kier molecular flexibility index (Phi) is 5.97. The first-order valence-corrected chi connectivity index (χ1v) is 13.8. The number of nitriles is 1. The molecule has 188 valence electrons. The first-order valence-electron chi connectivity index (χ1n) is 13.0. The lowest BCUT2D eigenvalue weighted by Gasteiger charge is -2.35. The van der Waals surface area contributed by atoms with E-state index in [4.69, 9.17) is 20.0 Å². The summed E-state index contributed by atoms with van der Waals surface area (Å²) in [5, 5.41) is 15.1. The van der Waals surface area contributed by atoms with Crippen LogP contribution >= 0.6 is 11.3 Å². The average Bonchev–Trinajstić information content (AvgIpc) is 3.55. The molecule has 6 rings (SSSR count). The maximum atomic E-state index is 9.97. The first-order chi connectivity index (χ1) is 17.5. The third-order valence-electron chi connectivity index (χ3n) is 8.38. The van der Waals surface area contributed by atoms with Crippen LogP contribution in [0.1, 0.15) is 79.2 Å². The topological polar surface area (TPSA) is 114 Å². The summed E-state index contributed by atoms with van der Waals surface area (Å²) >= 11 is 1.56. The lowest BCUT2D eigenvalue weighted by atomic mass is 9.66. The number of rotatable bonds is 4. The van der Waals surface area contributed by atoms with Crippen LogP contribution in [0.5, 0.6) is 5.88 Å². The van der Waals surface area contributed by atoms with E-state index in [-0.39, 0.29) is 11.5 Å². The second kappa shape index (κ2) is 9.16. The van der Waals surface area contributed by atoms with Crippen LogP contribution in [0.2, 0.25) is 0 Å². The molecule has 3 aromatic heterocycles. The minimum atomic E-state index is -0.362. The van der Waals surface area contributed by atoms with Crippen LogP contribution in [0, 0.1) is 11.3 Å². The van der Waals surface area contributed by atoms with Crippen LogP contribution in [-0.4, -0.2) is 45.8 Å². The number of nitrogens with zero attached hydrogens (tertiary/aromatic N) is 5. The third-order valence-corrected chi connectivity index (χ3v) is 9.46. The van der Waals surface area contributed by atoms with Crippen molar-refractivity contribution in [1.29, 1.82) is 5.26 Å². The molecule has 4 heterocycles. The van der Waals surface area contributed by atoms with E-state index < -0.39 is 0 Å². The van der Waals surface area contributed by atoms with Gasteiger partial charge in [0.1, 0.15) is 17.2 Å². The summed E-state index contributed by atoms with van der Waals surface area (Å²) in [5.41, 5.74) is 9.40. The van der Waals surface area contributed by atoms with E-state index in [9.17, 15) is 5.26 Å². The largest absolute Gasteiger partial charge is 0.473 e. The van der Waals surface area contributed by atoms with Gasteiger partial charge in [-0.05, 0) is 77.4 Å². The van der Waals surface area contributed by atoms with E-state index >= 15 is 0 Å². The van der Waals surface area contributed by atoms with Gasteiger partial charge in [-0.3, -0.25) is 4.90 Å². The highest BCUT2D eigenvalue weighted by Crippen LogP contribution is 2.54. The molecule has 0 aromatic carbocycles. The van der Waals surface area contributed by atoms with Gasteiger partial charge < -0.3 is 15.0 Å². The Labute approximate surface area is 215 Å². The molecule has 2 aliphatic carbocycles. The Morgan fingerprint density at radius 2 is 2.14 bits per heavy atom. The second-order valence-corrected chi connectivity index (χ2v) is 11.6. The quantitative estimate of drug-likeness (QED) is 0.536. The number of nitrogen functional groups attached to an aromatic ring is 1. The molecule has 0 unspecified atom stereocenters. The standard InChI is InChI=1S/C27H32N6O2S/c1-16(19-8-6-14-33(19)2)34-21-10-13-30-26(31-21)23-17-7-3-4-11-27(24(17)35-32-23)12-5-9-20-22(27)18(15-28)25(29)36-20/h10,13,16,19H,3-9,11-12,14,29H2,1-2H3/t16-,19-,27+/m0/s1. The van der Waals surface area contributed by atoms with Gasteiger partial charge in [-0.1, -0.05) is 11.6 Å². The minimum Gasteiger partial charge on any atom is -0.473 e. The molecule has 1 fully saturated rings. The summed E-state index contributed by atoms with van der Waals surface area (Å²) in [7, 11) is 2.15. The molecule has 3 atom stereocenters. The molecule has 8 nitrogen and oxygen atoms in total. The molecule has 3 aromatic rings. The lowest BCUT2D eigenvalue weighted by molar-refractivity contribution is 0.117. The third kappa shape index (κ3) is 3.70. The van der Waals surface area contributed by atoms with Crippen molar-refractivity contribution in [3.8, 4) is 23.5 Å². The number of likely N-dealkylation sites (tertiary alicyclic amines) is 1. The number of fused-ring (bicyclic) bond motifs is 4. The Morgan fingerprint density at radius 3 is 2.94 bits per heavy atom. The predicted molar refractivity (Wildman–Crippen MR) is 138 cm³/mol. The van der Waals surface area contributed by atoms with E-state index in [1.165, 1.54) is 11.3 Å². The summed E-state index contributed by atoms with van der Waals surface area (Å²) in [5.74, 6) is 1.97. The predicted octanol–water partition coefficient (Wildman–Crippen LogP) is 4.86. The number of ether oxygens (including phenoxy) is 1. The molecule has 9 heteroatoms. The molecule has 36 heavy (non-hydrogen) atoms. The zero-order chi connectivity index (χ0) is 24.9. The number of hydrogen-bond donors (Lipinski definition) is 1. The van der Waals surface area contributed by atoms with Crippen LogP contribution < -0.4 is 10.5 Å². The van der Waals surface area contributed by atoms with Crippen molar-refractivity contribution in [3.05, 3.63) is 39.6 Å². The summed E-state index contributed by atoms with van der Waals surface area (Å²) in [4.78, 5) is 12.9. The number of aryl methyl sites for hydroxylation is 1. The van der Waals surface area contributed by atoms with E-state index in [1.807, 2.05) is 6.07 Å². The number of aromatic nitrogens is 3. The van der Waals surface area contributed by atoms with E-state index in [1.54, 1.807) is 17.5 Å². The smallest absolute Gasteiger partial charge is 0.217 e. The molecular weight excluding hydrogens is 472 g/mol. The zero-order valence-electron chi connectivity index (χ0n) is 20.9. The molecule has 2 N–H and O–H groups in total. The molecule has 1 saturated heterocycles. The van der Waals surface area contributed by atoms with Crippen molar-refractivity contribution >= 4 is 16.3 Å². The summed E-state index contributed by atoms with van der Waals surface area (Å²) in [6, 6.07) is 4.60. The number of nitrogens with two attached hydrogens (primary N) is 1. The molecule has 0 saturated carbocycles. The van der Waals surface area contributed by atoms with Gasteiger partial charge in [0.2, 0.25) is 5.88 Å². The van der Waals surface area contributed by atoms with Gasteiger partial charge in [-0.2, -0.15) is 10.2 Å². The highest BCUT2D eigenvalue weighted by atomic mass is 32.1. The van der Waals surface area contributed by atoms with Gasteiger partial charge >= 0.3 is 0 Å². The molecule has 3 aliphatic rings. The normalized spacial score (nSPS) is 24.6. The highest BCUT2D eigenvalue weighted by Gasteiger charge is 2.47. The molecule has 1 aliphatic heterocycles. The first kappa shape index (κ1) is 23.4. The van der Waals surface area contributed by atoms with Crippen molar-refractivity contribution in [2.24, 2.45) is 0 Å². The van der Waals surface area contributed by atoms with Crippen molar-refractivity contribution in [2.75, 3.05) is 19.3 Å². The van der Waals surface area contributed by atoms with Gasteiger partial charge in [-0.25, -0.2) is 4.98 Å². The van der Waals surface area contributed by atoms with Crippen molar-refractivity contribution in [2.45, 2.75) is 82.3 Å². The van der Waals surface area contributed by atoms with E-state index in [2.05, 4.69) is 35.1 Å². The lowest BCUT2D eigenvalue weighted by Crippen LogP contribution is -2.38. The number of hydrogen-bond acceptors (Lipinski definition) is 9. The maximum absolute atomic E-state index is 9.97.